The number of para-hydroxylation sites is 1. The first-order chi connectivity index (χ1) is 21.7. The van der Waals surface area contributed by atoms with Crippen LogP contribution in [0, 0.1) is 0 Å². The highest BCUT2D eigenvalue weighted by atomic mass is 32.2. The highest BCUT2D eigenvalue weighted by molar-refractivity contribution is 7.98. The zero-order valence-electron chi connectivity index (χ0n) is 23.9. The smallest absolute Gasteiger partial charge is 0.305 e. The van der Waals surface area contributed by atoms with Crippen LogP contribution in [0.3, 0.4) is 0 Å². The lowest BCUT2D eigenvalue weighted by Crippen LogP contribution is -2.64. The van der Waals surface area contributed by atoms with E-state index in [0.717, 1.165) is 17.0 Å². The largest absolute Gasteiger partial charge is 0.481 e. The van der Waals surface area contributed by atoms with Crippen molar-refractivity contribution in [1.82, 2.24) is 40.5 Å². The normalized spacial score (nSPS) is 18.8. The molecule has 2 aromatic carbocycles. The number of hydrogen-bond donors (Lipinski definition) is 3. The fourth-order valence-corrected chi connectivity index (χ4v) is 5.87. The van der Waals surface area contributed by atoms with Crippen molar-refractivity contribution in [2.75, 3.05) is 12.3 Å². The molecule has 5 rings (SSSR count). The minimum atomic E-state index is -1.44. The van der Waals surface area contributed by atoms with Crippen molar-refractivity contribution in [1.29, 1.82) is 0 Å². The lowest BCUT2D eigenvalue weighted by Gasteiger charge is -2.43. The van der Waals surface area contributed by atoms with Gasteiger partial charge in [-0.2, -0.15) is 0 Å². The molecule has 3 N–H and O–H groups in total. The van der Waals surface area contributed by atoms with Gasteiger partial charge in [-0.05, 0) is 48.3 Å². The van der Waals surface area contributed by atoms with Crippen LogP contribution in [-0.4, -0.2) is 101 Å². The molecule has 0 radical (unpaired) electrons. The van der Waals surface area contributed by atoms with E-state index in [-0.39, 0.29) is 37.5 Å². The van der Waals surface area contributed by atoms with Gasteiger partial charge in [0.25, 0.3) is 11.8 Å². The number of fused-ring (bicyclic) bond motifs is 1. The number of hydrazine groups is 1. The van der Waals surface area contributed by atoms with Crippen LogP contribution < -0.4 is 15.4 Å². The van der Waals surface area contributed by atoms with Crippen molar-refractivity contribution in [3.8, 4) is 5.69 Å². The molecule has 2 saturated heterocycles. The van der Waals surface area contributed by atoms with Crippen LogP contribution in [0.25, 0.3) is 5.69 Å². The quantitative estimate of drug-likeness (QED) is 0.225. The minimum Gasteiger partial charge on any atom is -0.481 e. The zero-order chi connectivity index (χ0) is 31.9. The molecule has 17 heteroatoms. The first-order valence-corrected chi connectivity index (χ1v) is 15.1. The fraction of sp³-hybridized carbons (Fsp3) is 0.357. The van der Waals surface area contributed by atoms with E-state index in [1.165, 1.54) is 14.0 Å². The van der Waals surface area contributed by atoms with Crippen LogP contribution in [-0.2, 0) is 24.0 Å². The molecule has 3 aromatic rings. The molecule has 4 amide bonds. The molecule has 2 aliphatic rings. The average Bonchev–Trinajstić information content (AvgIpc) is 3.49. The predicted molar refractivity (Wildman–Crippen MR) is 155 cm³/mol. The number of nitrogens with one attached hydrogen (secondary N) is 2. The van der Waals surface area contributed by atoms with Gasteiger partial charge in [0.1, 0.15) is 17.3 Å². The number of carboxylic acids is 1. The van der Waals surface area contributed by atoms with Gasteiger partial charge in [0.2, 0.25) is 22.2 Å². The van der Waals surface area contributed by atoms with E-state index in [4.69, 9.17) is 0 Å². The number of carbonyl (C=O) groups excluding carboxylic acids is 5. The van der Waals surface area contributed by atoms with E-state index in [1.54, 1.807) is 54.6 Å². The minimum absolute atomic E-state index is 0.0339. The van der Waals surface area contributed by atoms with Crippen LogP contribution in [0.15, 0.2) is 60.7 Å². The van der Waals surface area contributed by atoms with Crippen molar-refractivity contribution < 1.29 is 38.7 Å². The van der Waals surface area contributed by atoms with Crippen molar-refractivity contribution >= 4 is 47.3 Å². The Kier molecular flexibility index (Phi) is 9.76. The molecular formula is C28H30N9O7S+. The van der Waals surface area contributed by atoms with Gasteiger partial charge in [-0.3, -0.25) is 33.8 Å². The van der Waals surface area contributed by atoms with E-state index >= 15 is 0 Å². The molecule has 1 unspecified atom stereocenters. The summed E-state index contributed by atoms with van der Waals surface area (Å²) < 4.78 is 1.25. The van der Waals surface area contributed by atoms with Gasteiger partial charge in [0.05, 0.1) is 18.2 Å². The van der Waals surface area contributed by atoms with Gasteiger partial charge in [-0.1, -0.05) is 36.4 Å². The van der Waals surface area contributed by atoms with Crippen LogP contribution in [0.4, 0.5) is 0 Å². The Morgan fingerprint density at radius 3 is 2.44 bits per heavy atom. The van der Waals surface area contributed by atoms with Gasteiger partial charge < -0.3 is 15.7 Å². The molecular weight excluding hydrogens is 606 g/mol. The Morgan fingerprint density at radius 2 is 1.73 bits per heavy atom. The second kappa shape index (κ2) is 14.1. The number of aromatic nitrogens is 5. The molecule has 16 nitrogen and oxygen atoms in total. The van der Waals surface area contributed by atoms with Crippen LogP contribution in [0.1, 0.15) is 42.5 Å². The molecule has 1 aromatic heterocycles. The first-order valence-electron chi connectivity index (χ1n) is 14.2. The van der Waals surface area contributed by atoms with Gasteiger partial charge in [0, 0.05) is 34.7 Å². The fourth-order valence-electron chi connectivity index (χ4n) is 5.10. The summed E-state index contributed by atoms with van der Waals surface area (Å²) in [4.78, 5) is 79.4. The second-order valence-corrected chi connectivity index (χ2v) is 11.2. The number of aliphatic carboxylic acids is 1. The number of carbonyl (C=O) groups is 6. The third kappa shape index (κ3) is 7.31. The average molecular weight is 637 g/mol. The summed E-state index contributed by atoms with van der Waals surface area (Å²) in [6, 6.07) is 13.4. The molecule has 3 atom stereocenters. The van der Waals surface area contributed by atoms with E-state index in [9.17, 15) is 33.9 Å². The molecule has 0 aliphatic carbocycles. The van der Waals surface area contributed by atoms with Crippen LogP contribution in [0.2, 0.25) is 0 Å². The summed E-state index contributed by atoms with van der Waals surface area (Å²) in [5.41, 5.74) is 0.948. The van der Waals surface area contributed by atoms with E-state index in [1.807, 2.05) is 6.07 Å². The summed E-state index contributed by atoms with van der Waals surface area (Å²) in [6.07, 6.45) is -0.159. The highest BCUT2D eigenvalue weighted by Crippen LogP contribution is 2.25. The lowest BCUT2D eigenvalue weighted by molar-refractivity contribution is -0.728. The standard InChI is InChI=1S/C28H29N9O7S/c38-23(17-45-37-33-31-32-36(37)19-10-5-2-6-11-19)21(16-25(40)41)30-27(43)22-12-7-15-34-24(39)14-13-20(28(44)35(22)34)29-26(42)18-8-3-1-4-9-18/h1-6,8-11,20-22H,7,12-17H2,(H2-,29,30,40,41,42,43)/p+1/t20?,21-,22-/m0/s1. The summed E-state index contributed by atoms with van der Waals surface area (Å²) in [5.74, 6) is -4.57. The number of Topliss-reactive ketones (excluding diaryl/α,β-unsaturated/α-hetero) is 1. The van der Waals surface area contributed by atoms with Gasteiger partial charge in [-0.25, -0.2) is 5.01 Å². The van der Waals surface area contributed by atoms with Gasteiger partial charge in [-0.15, -0.1) is 0 Å². The number of rotatable bonds is 11. The number of ketones is 1. The third-order valence-electron chi connectivity index (χ3n) is 7.30. The molecule has 2 fully saturated rings. The molecule has 0 bridgehead atoms. The summed E-state index contributed by atoms with van der Waals surface area (Å²) >= 11 is 0.893. The van der Waals surface area contributed by atoms with E-state index in [2.05, 4.69) is 26.3 Å². The maximum absolute atomic E-state index is 13.7. The molecule has 45 heavy (non-hydrogen) atoms. The maximum Gasteiger partial charge on any atom is 0.305 e. The Labute approximate surface area is 260 Å². The summed E-state index contributed by atoms with van der Waals surface area (Å²) in [5, 5.41) is 28.3. The van der Waals surface area contributed by atoms with Crippen LogP contribution in [0.5, 0.6) is 0 Å². The number of carboxylic acid groups (broad SMARTS) is 1. The van der Waals surface area contributed by atoms with Crippen LogP contribution >= 0.6 is 11.9 Å². The van der Waals surface area contributed by atoms with Gasteiger partial charge >= 0.3 is 5.97 Å². The Hall–Kier alpha value is -5.19. The topological polar surface area (TPSA) is 201 Å². The molecule has 0 spiro atoms. The third-order valence-corrected chi connectivity index (χ3v) is 8.17. The number of benzene rings is 2. The van der Waals surface area contributed by atoms with Crippen molar-refractivity contribution in [2.24, 2.45) is 0 Å². The van der Waals surface area contributed by atoms with Gasteiger partial charge in [0.15, 0.2) is 11.5 Å². The first kappa shape index (κ1) is 31.2. The zero-order valence-corrected chi connectivity index (χ0v) is 24.7. The van der Waals surface area contributed by atoms with Crippen molar-refractivity contribution in [2.45, 2.75) is 50.2 Å². The molecule has 234 valence electrons. The lowest BCUT2D eigenvalue weighted by atomic mass is 10.0. The highest BCUT2D eigenvalue weighted by Gasteiger charge is 2.45. The number of hydrogen-bond acceptors (Lipinski definition) is 10. The molecule has 0 saturated carbocycles. The maximum atomic E-state index is 13.7. The Morgan fingerprint density at radius 1 is 1.02 bits per heavy atom. The summed E-state index contributed by atoms with van der Waals surface area (Å²) in [6.45, 7) is 0.190. The van der Waals surface area contributed by atoms with Crippen molar-refractivity contribution in [3.05, 3.63) is 66.2 Å². The van der Waals surface area contributed by atoms with E-state index in [0.29, 0.717) is 17.7 Å². The number of nitrogens with zero attached hydrogens (tertiary/aromatic N) is 7. The van der Waals surface area contributed by atoms with E-state index < -0.39 is 54.0 Å². The monoisotopic (exact) mass is 636 g/mol. The second-order valence-electron chi connectivity index (χ2n) is 10.3. The SMILES string of the molecule is O=C(O)C[C@H](NC(=O)[C@@H]1CCCN2C(=O)CCC(NC(=O)c3ccccc3)C(=O)N12)C(=O)CSn1nnn[n+]1-c1ccccc1. The Bertz CT molecular complexity index is 1590. The molecule has 2 aliphatic heterocycles. The predicted octanol–water partition coefficient (Wildman–Crippen LogP) is -0.698. The summed E-state index contributed by atoms with van der Waals surface area (Å²) in [7, 11) is 0. The number of amides is 4. The Balaban J connectivity index is 1.30. The van der Waals surface area contributed by atoms with Crippen molar-refractivity contribution in [3.63, 3.8) is 0 Å². The molecule has 3 heterocycles.